The van der Waals surface area contributed by atoms with Gasteiger partial charge in [-0.1, -0.05) is 22.9 Å². The Bertz CT molecular complexity index is 212. The fraction of sp³-hybridized carbons (Fsp3) is 0.900. The molecule has 2 unspecified atom stereocenters. The van der Waals surface area contributed by atoms with Crippen LogP contribution in [0.25, 0.3) is 0 Å². The lowest BCUT2D eigenvalue weighted by atomic mass is 10.0. The van der Waals surface area contributed by atoms with Crippen LogP contribution in [0.2, 0.25) is 0 Å². The van der Waals surface area contributed by atoms with Crippen LogP contribution in [0.1, 0.15) is 26.7 Å². The molecule has 0 bridgehead atoms. The third-order valence-corrected chi connectivity index (χ3v) is 2.83. The van der Waals surface area contributed by atoms with Crippen LogP contribution in [0.3, 0.4) is 0 Å². The first-order valence-corrected chi connectivity index (χ1v) is 5.91. The van der Waals surface area contributed by atoms with Gasteiger partial charge in [-0.2, -0.15) is 0 Å². The molecule has 1 saturated heterocycles. The van der Waals surface area contributed by atoms with Gasteiger partial charge in [0.1, 0.15) is 5.60 Å². The van der Waals surface area contributed by atoms with E-state index in [4.69, 9.17) is 4.74 Å². The Morgan fingerprint density at radius 2 is 2.36 bits per heavy atom. The van der Waals surface area contributed by atoms with Gasteiger partial charge in [-0.25, -0.2) is 0 Å². The van der Waals surface area contributed by atoms with Gasteiger partial charge in [0.25, 0.3) is 5.91 Å². The molecule has 0 N–H and O–H groups in total. The molecule has 0 saturated carbocycles. The Morgan fingerprint density at radius 3 is 2.79 bits per heavy atom. The molecular weight excluding hydrogens is 246 g/mol. The Kier molecular flexibility index (Phi) is 3.95. The molecule has 2 atom stereocenters. The van der Waals surface area contributed by atoms with E-state index in [0.29, 0.717) is 11.4 Å². The van der Waals surface area contributed by atoms with Gasteiger partial charge in [0.2, 0.25) is 0 Å². The quantitative estimate of drug-likeness (QED) is 0.727. The molecule has 1 rings (SSSR count). The fourth-order valence-corrected chi connectivity index (χ4v) is 2.25. The number of carbonyl (C=O) groups is 1. The van der Waals surface area contributed by atoms with E-state index in [9.17, 15) is 4.79 Å². The maximum atomic E-state index is 12.0. The van der Waals surface area contributed by atoms with Gasteiger partial charge in [-0.15, -0.1) is 0 Å². The minimum Gasteiger partial charge on any atom is -0.365 e. The van der Waals surface area contributed by atoms with Crippen molar-refractivity contribution >= 4 is 21.8 Å². The summed E-state index contributed by atoms with van der Waals surface area (Å²) in [7, 11) is 1.83. The van der Waals surface area contributed by atoms with Gasteiger partial charge >= 0.3 is 0 Å². The summed E-state index contributed by atoms with van der Waals surface area (Å²) in [6, 6.07) is 0. The third kappa shape index (κ3) is 2.70. The molecule has 4 heteroatoms. The molecule has 1 aliphatic heterocycles. The number of nitrogens with zero attached hydrogens (tertiary/aromatic N) is 1. The van der Waals surface area contributed by atoms with Gasteiger partial charge in [0, 0.05) is 25.0 Å². The van der Waals surface area contributed by atoms with Crippen molar-refractivity contribution in [3.8, 4) is 0 Å². The normalized spacial score (nSPS) is 28.9. The topological polar surface area (TPSA) is 29.5 Å². The highest BCUT2D eigenvalue weighted by molar-refractivity contribution is 9.09. The maximum absolute atomic E-state index is 12.0. The Hall–Kier alpha value is -0.0900. The van der Waals surface area contributed by atoms with Crippen molar-refractivity contribution in [1.29, 1.82) is 0 Å². The van der Waals surface area contributed by atoms with E-state index in [1.54, 1.807) is 4.90 Å². The lowest BCUT2D eigenvalue weighted by molar-refractivity contribution is -0.149. The lowest BCUT2D eigenvalue weighted by Crippen LogP contribution is -2.46. The maximum Gasteiger partial charge on any atom is 0.254 e. The van der Waals surface area contributed by atoms with Crippen LogP contribution in [0.5, 0.6) is 0 Å². The monoisotopic (exact) mass is 263 g/mol. The van der Waals surface area contributed by atoms with E-state index in [-0.39, 0.29) is 5.91 Å². The molecule has 1 amide bonds. The number of hydrogen-bond acceptors (Lipinski definition) is 2. The lowest BCUT2D eigenvalue weighted by Gasteiger charge is -2.28. The number of ether oxygens (including phenoxy) is 1. The number of likely N-dealkylation sites (N-methyl/N-ethyl adjacent to an activating group) is 1. The molecule has 1 fully saturated rings. The second kappa shape index (κ2) is 4.62. The molecule has 0 aromatic heterocycles. The molecule has 1 aliphatic rings. The molecule has 82 valence electrons. The summed E-state index contributed by atoms with van der Waals surface area (Å²) in [6.45, 7) is 5.34. The summed E-state index contributed by atoms with van der Waals surface area (Å²) < 4.78 is 5.50. The van der Waals surface area contributed by atoms with Gasteiger partial charge in [0.05, 0.1) is 0 Å². The predicted molar refractivity (Wildman–Crippen MR) is 59.6 cm³/mol. The van der Waals surface area contributed by atoms with Crippen molar-refractivity contribution < 1.29 is 9.53 Å². The zero-order valence-corrected chi connectivity index (χ0v) is 10.6. The van der Waals surface area contributed by atoms with Crippen molar-refractivity contribution in [3.05, 3.63) is 0 Å². The first kappa shape index (κ1) is 12.0. The summed E-state index contributed by atoms with van der Waals surface area (Å²) in [4.78, 5) is 14.0. The molecule has 0 aliphatic carbocycles. The van der Waals surface area contributed by atoms with Gasteiger partial charge in [-0.05, 0) is 19.8 Å². The summed E-state index contributed by atoms with van der Waals surface area (Å²) in [6.07, 6.45) is 1.83. The standard InChI is InChI=1S/C10H18BrNO2/c1-8(11)7-12(3)9(13)10(2)5-4-6-14-10/h8H,4-7H2,1-3H3. The fourth-order valence-electron chi connectivity index (χ4n) is 1.81. The third-order valence-electron chi connectivity index (χ3n) is 2.54. The zero-order chi connectivity index (χ0) is 10.8. The summed E-state index contributed by atoms with van der Waals surface area (Å²) >= 11 is 3.43. The molecule has 3 nitrogen and oxygen atoms in total. The zero-order valence-electron chi connectivity index (χ0n) is 9.05. The van der Waals surface area contributed by atoms with E-state index >= 15 is 0 Å². The van der Waals surface area contributed by atoms with Crippen molar-refractivity contribution in [2.24, 2.45) is 0 Å². The number of hydrogen-bond donors (Lipinski definition) is 0. The average molecular weight is 264 g/mol. The van der Waals surface area contributed by atoms with Gasteiger partial charge in [0.15, 0.2) is 0 Å². The van der Waals surface area contributed by atoms with Crippen LogP contribution < -0.4 is 0 Å². The first-order valence-electron chi connectivity index (χ1n) is 4.99. The molecule has 14 heavy (non-hydrogen) atoms. The minimum absolute atomic E-state index is 0.0984. The van der Waals surface area contributed by atoms with Crippen molar-refractivity contribution in [2.45, 2.75) is 37.1 Å². The molecule has 0 spiro atoms. The second-order valence-electron chi connectivity index (χ2n) is 4.15. The molecule has 0 aromatic carbocycles. The Morgan fingerprint density at radius 1 is 1.71 bits per heavy atom. The molecule has 1 heterocycles. The predicted octanol–water partition coefficient (Wildman–Crippen LogP) is 1.80. The van der Waals surface area contributed by atoms with Crippen LogP contribution in [0, 0.1) is 0 Å². The van der Waals surface area contributed by atoms with Crippen LogP contribution in [0.4, 0.5) is 0 Å². The summed E-state index contributed by atoms with van der Waals surface area (Å²) in [5.74, 6) is 0.0984. The Labute approximate surface area is 93.9 Å². The van der Waals surface area contributed by atoms with Crippen molar-refractivity contribution in [1.82, 2.24) is 4.90 Å². The van der Waals surface area contributed by atoms with Crippen LogP contribution in [0.15, 0.2) is 0 Å². The van der Waals surface area contributed by atoms with Crippen LogP contribution in [-0.4, -0.2) is 41.4 Å². The number of amides is 1. The van der Waals surface area contributed by atoms with E-state index in [1.807, 2.05) is 20.9 Å². The minimum atomic E-state index is -0.573. The highest BCUT2D eigenvalue weighted by Crippen LogP contribution is 2.27. The first-order chi connectivity index (χ1) is 6.46. The van der Waals surface area contributed by atoms with Crippen LogP contribution >= 0.6 is 15.9 Å². The number of carbonyl (C=O) groups excluding carboxylic acids is 1. The van der Waals surface area contributed by atoms with E-state index in [1.165, 1.54) is 0 Å². The van der Waals surface area contributed by atoms with E-state index in [2.05, 4.69) is 15.9 Å². The summed E-state index contributed by atoms with van der Waals surface area (Å²) in [5.41, 5.74) is -0.573. The molecule has 0 radical (unpaired) electrons. The van der Waals surface area contributed by atoms with E-state index in [0.717, 1.165) is 19.4 Å². The summed E-state index contributed by atoms with van der Waals surface area (Å²) in [5, 5.41) is 0. The van der Waals surface area contributed by atoms with Crippen molar-refractivity contribution in [3.63, 3.8) is 0 Å². The van der Waals surface area contributed by atoms with Gasteiger partial charge < -0.3 is 9.64 Å². The van der Waals surface area contributed by atoms with E-state index < -0.39 is 5.60 Å². The van der Waals surface area contributed by atoms with Gasteiger partial charge in [-0.3, -0.25) is 4.79 Å². The number of alkyl halides is 1. The smallest absolute Gasteiger partial charge is 0.254 e. The SMILES string of the molecule is CC(Br)CN(C)C(=O)C1(C)CCCO1. The number of rotatable bonds is 3. The van der Waals surface area contributed by atoms with Crippen molar-refractivity contribution in [2.75, 3.05) is 20.2 Å². The largest absolute Gasteiger partial charge is 0.365 e. The highest BCUT2D eigenvalue weighted by atomic mass is 79.9. The Balaban J connectivity index is 2.55. The van der Waals surface area contributed by atoms with Crippen LogP contribution in [-0.2, 0) is 9.53 Å². The number of halogens is 1. The highest BCUT2D eigenvalue weighted by Gasteiger charge is 2.39. The second-order valence-corrected chi connectivity index (χ2v) is 5.71. The average Bonchev–Trinajstić information content (AvgIpc) is 2.51. The molecular formula is C10H18BrNO2. The molecule has 0 aromatic rings.